The summed E-state index contributed by atoms with van der Waals surface area (Å²) in [5.41, 5.74) is 8.71. The maximum atomic E-state index is 5.48. The molecule has 0 aromatic carbocycles. The third-order valence-electron chi connectivity index (χ3n) is 2.19. The third-order valence-corrected chi connectivity index (χ3v) is 3.02. The second-order valence-corrected chi connectivity index (χ2v) is 4.20. The summed E-state index contributed by atoms with van der Waals surface area (Å²) in [4.78, 5) is 4.47. The number of pyridine rings is 1. The Morgan fingerprint density at radius 1 is 1.50 bits per heavy atom. The first-order valence-electron chi connectivity index (χ1n) is 4.54. The van der Waals surface area contributed by atoms with E-state index < -0.39 is 0 Å². The molecule has 0 aliphatic rings. The van der Waals surface area contributed by atoms with Gasteiger partial charge in [0, 0.05) is 23.3 Å². The molecule has 0 bridgehead atoms. The lowest BCUT2D eigenvalue weighted by atomic mass is 10.3. The molecule has 2 aromatic rings. The summed E-state index contributed by atoms with van der Waals surface area (Å²) in [6, 6.07) is 2.06. The summed E-state index contributed by atoms with van der Waals surface area (Å²) >= 11 is 3.49. The molecule has 0 radical (unpaired) electrons. The van der Waals surface area contributed by atoms with Crippen LogP contribution in [0.5, 0.6) is 0 Å². The van der Waals surface area contributed by atoms with Crippen LogP contribution in [0.2, 0.25) is 0 Å². The fourth-order valence-corrected chi connectivity index (χ4v) is 1.76. The Labute approximate surface area is 91.1 Å². The minimum Gasteiger partial charge on any atom is -0.330 e. The predicted octanol–water partition coefficient (Wildman–Crippen LogP) is 1.91. The van der Waals surface area contributed by atoms with Gasteiger partial charge in [0.05, 0.1) is 5.69 Å². The summed E-state index contributed by atoms with van der Waals surface area (Å²) in [5, 5.41) is 0. The van der Waals surface area contributed by atoms with Gasteiger partial charge in [-0.2, -0.15) is 0 Å². The summed E-state index contributed by atoms with van der Waals surface area (Å²) in [5.74, 6) is 0. The average Bonchev–Trinajstić information content (AvgIpc) is 2.48. The van der Waals surface area contributed by atoms with Crippen LogP contribution in [0, 0.1) is 6.92 Å². The van der Waals surface area contributed by atoms with Crippen LogP contribution in [0.1, 0.15) is 11.3 Å². The van der Waals surface area contributed by atoms with Gasteiger partial charge in [0.2, 0.25) is 0 Å². The summed E-state index contributed by atoms with van der Waals surface area (Å²) in [7, 11) is 0. The molecule has 0 saturated carbocycles. The quantitative estimate of drug-likeness (QED) is 0.889. The number of nitrogens with zero attached hydrogens (tertiary/aromatic N) is 2. The van der Waals surface area contributed by atoms with E-state index in [4.69, 9.17) is 5.73 Å². The molecule has 14 heavy (non-hydrogen) atoms. The van der Waals surface area contributed by atoms with E-state index in [0.717, 1.165) is 22.2 Å². The zero-order chi connectivity index (χ0) is 10.1. The summed E-state index contributed by atoms with van der Waals surface area (Å²) in [6.07, 6.45) is 4.88. The number of hydrogen-bond acceptors (Lipinski definition) is 2. The Morgan fingerprint density at radius 3 is 3.00 bits per heavy atom. The highest BCUT2D eigenvalue weighted by molar-refractivity contribution is 9.10. The zero-order valence-corrected chi connectivity index (χ0v) is 9.58. The molecule has 2 rings (SSSR count). The minimum atomic E-state index is 0.643. The van der Waals surface area contributed by atoms with Crippen molar-refractivity contribution in [2.24, 2.45) is 5.73 Å². The van der Waals surface area contributed by atoms with Gasteiger partial charge in [0.1, 0.15) is 5.65 Å². The Hall–Kier alpha value is -0.870. The monoisotopic (exact) mass is 253 g/mol. The third kappa shape index (κ3) is 1.67. The fourth-order valence-electron chi connectivity index (χ4n) is 1.43. The number of hydrogen-bond donors (Lipinski definition) is 1. The van der Waals surface area contributed by atoms with Crippen molar-refractivity contribution >= 4 is 21.6 Å². The molecule has 0 saturated heterocycles. The van der Waals surface area contributed by atoms with Gasteiger partial charge >= 0.3 is 0 Å². The number of aromatic nitrogens is 2. The first kappa shape index (κ1) is 9.68. The smallest absolute Gasteiger partial charge is 0.137 e. The van der Waals surface area contributed by atoms with E-state index >= 15 is 0 Å². The lowest BCUT2D eigenvalue weighted by Gasteiger charge is -1.98. The van der Waals surface area contributed by atoms with Gasteiger partial charge in [-0.15, -0.1) is 0 Å². The highest BCUT2D eigenvalue weighted by Crippen LogP contribution is 2.18. The molecule has 4 heteroatoms. The molecule has 0 spiro atoms. The lowest BCUT2D eigenvalue weighted by molar-refractivity contribution is 0.937. The largest absolute Gasteiger partial charge is 0.330 e. The molecule has 3 nitrogen and oxygen atoms in total. The molecule has 74 valence electrons. The first-order chi connectivity index (χ1) is 6.70. The number of aryl methyl sites for hydroxylation is 1. The molecule has 0 atom stereocenters. The van der Waals surface area contributed by atoms with E-state index in [1.807, 2.05) is 16.8 Å². The minimum absolute atomic E-state index is 0.643. The number of nitrogens with two attached hydrogens (primary N) is 1. The van der Waals surface area contributed by atoms with Crippen molar-refractivity contribution in [3.05, 3.63) is 34.2 Å². The molecular formula is C10H12BrN3. The Balaban J connectivity index is 2.54. The first-order valence-corrected chi connectivity index (χ1v) is 5.34. The highest BCUT2D eigenvalue weighted by atomic mass is 79.9. The molecule has 0 fully saturated rings. The zero-order valence-electron chi connectivity index (χ0n) is 8.00. The Bertz CT molecular complexity index is 423. The molecule has 0 amide bonds. The van der Waals surface area contributed by atoms with Crippen molar-refractivity contribution in [1.82, 2.24) is 9.38 Å². The molecule has 0 aliphatic carbocycles. The molecule has 2 heterocycles. The number of imidazole rings is 1. The van der Waals surface area contributed by atoms with E-state index in [2.05, 4.69) is 33.9 Å². The van der Waals surface area contributed by atoms with Crippen LogP contribution >= 0.6 is 15.9 Å². The van der Waals surface area contributed by atoms with Gasteiger partial charge in [-0.1, -0.05) is 0 Å². The summed E-state index contributed by atoms with van der Waals surface area (Å²) < 4.78 is 3.11. The average molecular weight is 254 g/mol. The predicted molar refractivity (Wildman–Crippen MR) is 60.4 cm³/mol. The molecular weight excluding hydrogens is 242 g/mol. The van der Waals surface area contributed by atoms with Crippen molar-refractivity contribution in [2.75, 3.05) is 6.54 Å². The highest BCUT2D eigenvalue weighted by Gasteiger charge is 2.03. The van der Waals surface area contributed by atoms with Gasteiger partial charge < -0.3 is 10.1 Å². The number of fused-ring (bicyclic) bond motifs is 1. The van der Waals surface area contributed by atoms with Crippen LogP contribution in [0.4, 0.5) is 0 Å². The van der Waals surface area contributed by atoms with Crippen LogP contribution in [0.25, 0.3) is 5.65 Å². The van der Waals surface area contributed by atoms with Gasteiger partial charge in [-0.25, -0.2) is 4.98 Å². The van der Waals surface area contributed by atoms with E-state index in [1.165, 1.54) is 5.56 Å². The van der Waals surface area contributed by atoms with Gasteiger partial charge in [0.15, 0.2) is 0 Å². The second-order valence-electron chi connectivity index (χ2n) is 3.34. The van der Waals surface area contributed by atoms with Crippen molar-refractivity contribution in [2.45, 2.75) is 13.3 Å². The van der Waals surface area contributed by atoms with Gasteiger partial charge in [-0.05, 0) is 41.0 Å². The number of halogens is 1. The van der Waals surface area contributed by atoms with E-state index in [1.54, 1.807) is 0 Å². The molecule has 0 aliphatic heterocycles. The van der Waals surface area contributed by atoms with E-state index in [9.17, 15) is 0 Å². The SMILES string of the molecule is Cc1cc2nc(CCN)cn2cc1Br. The van der Waals surface area contributed by atoms with E-state index in [0.29, 0.717) is 6.54 Å². The van der Waals surface area contributed by atoms with Crippen molar-refractivity contribution in [3.63, 3.8) is 0 Å². The number of rotatable bonds is 2. The van der Waals surface area contributed by atoms with Gasteiger partial charge in [-0.3, -0.25) is 0 Å². The lowest BCUT2D eigenvalue weighted by Crippen LogP contribution is -2.02. The summed E-state index contributed by atoms with van der Waals surface area (Å²) in [6.45, 7) is 2.70. The van der Waals surface area contributed by atoms with Crippen LogP contribution in [0.3, 0.4) is 0 Å². The standard InChI is InChI=1S/C10H12BrN3/c1-7-4-10-13-8(2-3-12)5-14(10)6-9(7)11/h4-6H,2-3,12H2,1H3. The normalized spacial score (nSPS) is 11.1. The maximum Gasteiger partial charge on any atom is 0.137 e. The topological polar surface area (TPSA) is 43.3 Å². The van der Waals surface area contributed by atoms with E-state index in [-0.39, 0.29) is 0 Å². The molecule has 2 N–H and O–H groups in total. The Kier molecular flexibility index (Phi) is 2.56. The molecule has 0 unspecified atom stereocenters. The van der Waals surface area contributed by atoms with Crippen molar-refractivity contribution < 1.29 is 0 Å². The van der Waals surface area contributed by atoms with Crippen LogP contribution in [-0.2, 0) is 6.42 Å². The van der Waals surface area contributed by atoms with Crippen molar-refractivity contribution in [1.29, 1.82) is 0 Å². The second kappa shape index (κ2) is 3.71. The maximum absolute atomic E-state index is 5.48. The van der Waals surface area contributed by atoms with Crippen LogP contribution in [-0.4, -0.2) is 15.9 Å². The van der Waals surface area contributed by atoms with Crippen LogP contribution in [0.15, 0.2) is 22.9 Å². The van der Waals surface area contributed by atoms with Crippen LogP contribution < -0.4 is 5.73 Å². The Morgan fingerprint density at radius 2 is 2.29 bits per heavy atom. The van der Waals surface area contributed by atoms with Crippen molar-refractivity contribution in [3.8, 4) is 0 Å². The molecule has 2 aromatic heterocycles. The fraction of sp³-hybridized carbons (Fsp3) is 0.300. The van der Waals surface area contributed by atoms with Gasteiger partial charge in [0.25, 0.3) is 0 Å².